The van der Waals surface area contributed by atoms with Gasteiger partial charge in [-0.25, -0.2) is 0 Å². The summed E-state index contributed by atoms with van der Waals surface area (Å²) in [7, 11) is 1.65. The number of hydrogen-bond acceptors (Lipinski definition) is 3. The Morgan fingerprint density at radius 2 is 2.19 bits per heavy atom. The van der Waals surface area contributed by atoms with E-state index in [1.165, 1.54) is 0 Å². The van der Waals surface area contributed by atoms with Gasteiger partial charge in [-0.05, 0) is 39.5 Å². The van der Waals surface area contributed by atoms with Crippen LogP contribution in [0.25, 0.3) is 0 Å². The number of likely N-dealkylation sites (N-methyl/N-ethyl adjacent to an activating group) is 1. The summed E-state index contributed by atoms with van der Waals surface area (Å²) >= 11 is 0. The molecule has 0 aromatic heterocycles. The number of rotatable bonds is 6. The van der Waals surface area contributed by atoms with Gasteiger partial charge in [-0.2, -0.15) is 0 Å². The van der Waals surface area contributed by atoms with Gasteiger partial charge >= 0.3 is 0 Å². The number of carbonyl (C=O) groups excluding carboxylic acids is 1. The molecule has 1 aliphatic carbocycles. The van der Waals surface area contributed by atoms with Crippen LogP contribution in [0.1, 0.15) is 33.6 Å². The summed E-state index contributed by atoms with van der Waals surface area (Å²) in [5.41, 5.74) is 5.45. The maximum absolute atomic E-state index is 12.3. The van der Waals surface area contributed by atoms with Crippen LogP contribution in [0.4, 0.5) is 0 Å². The zero-order valence-corrected chi connectivity index (χ0v) is 10.8. The molecule has 0 spiro atoms. The van der Waals surface area contributed by atoms with Crippen molar-refractivity contribution in [1.82, 2.24) is 4.90 Å². The molecule has 1 saturated carbocycles. The van der Waals surface area contributed by atoms with Crippen molar-refractivity contribution in [3.8, 4) is 0 Å². The lowest BCUT2D eigenvalue weighted by Crippen LogP contribution is -2.57. The van der Waals surface area contributed by atoms with E-state index in [2.05, 4.69) is 0 Å². The molecular formula is C12H24N2O2. The number of methoxy groups -OCH3 is 1. The molecule has 1 amide bonds. The number of nitrogens with two attached hydrogens (primary N) is 1. The molecule has 1 rings (SSSR count). The molecule has 0 aliphatic heterocycles. The topological polar surface area (TPSA) is 55.6 Å². The van der Waals surface area contributed by atoms with Gasteiger partial charge in [-0.1, -0.05) is 0 Å². The van der Waals surface area contributed by atoms with Crippen LogP contribution in [0, 0.1) is 5.92 Å². The molecule has 0 saturated heterocycles. The summed E-state index contributed by atoms with van der Waals surface area (Å²) in [4.78, 5) is 14.2. The summed E-state index contributed by atoms with van der Waals surface area (Å²) in [6.45, 7) is 7.07. The number of carbonyl (C=O) groups is 1. The standard InChI is InChI=1S/C12H24N2O2/c1-5-14(9(2)8-16-4)11(15)12(3,13)10-6-7-10/h9-10H,5-8,13H2,1-4H3. The molecule has 4 heteroatoms. The average Bonchev–Trinajstić information content (AvgIpc) is 3.02. The van der Waals surface area contributed by atoms with Crippen molar-refractivity contribution in [1.29, 1.82) is 0 Å². The van der Waals surface area contributed by atoms with Gasteiger partial charge in [0.05, 0.1) is 18.2 Å². The second kappa shape index (κ2) is 5.15. The Labute approximate surface area is 98.1 Å². The van der Waals surface area contributed by atoms with E-state index in [9.17, 15) is 4.79 Å². The van der Waals surface area contributed by atoms with E-state index < -0.39 is 5.54 Å². The first kappa shape index (κ1) is 13.5. The van der Waals surface area contributed by atoms with E-state index in [0.29, 0.717) is 19.1 Å². The molecule has 4 nitrogen and oxygen atoms in total. The largest absolute Gasteiger partial charge is 0.383 e. The highest BCUT2D eigenvalue weighted by Gasteiger charge is 2.46. The molecule has 2 N–H and O–H groups in total. The van der Waals surface area contributed by atoms with Crippen LogP contribution in [0.5, 0.6) is 0 Å². The van der Waals surface area contributed by atoms with Crippen LogP contribution in [0.3, 0.4) is 0 Å². The van der Waals surface area contributed by atoms with Crippen molar-refractivity contribution in [2.45, 2.75) is 45.2 Å². The summed E-state index contributed by atoms with van der Waals surface area (Å²) in [6, 6.07) is 0.0872. The molecule has 2 unspecified atom stereocenters. The van der Waals surface area contributed by atoms with Crippen molar-refractivity contribution in [3.63, 3.8) is 0 Å². The Bertz CT molecular complexity index is 249. The van der Waals surface area contributed by atoms with Crippen LogP contribution < -0.4 is 5.73 Å². The molecular weight excluding hydrogens is 204 g/mol. The average molecular weight is 228 g/mol. The highest BCUT2D eigenvalue weighted by Crippen LogP contribution is 2.39. The Hall–Kier alpha value is -0.610. The molecule has 1 aliphatic rings. The molecule has 94 valence electrons. The predicted molar refractivity (Wildman–Crippen MR) is 64.0 cm³/mol. The minimum Gasteiger partial charge on any atom is -0.383 e. The maximum atomic E-state index is 12.3. The second-order valence-corrected chi connectivity index (χ2v) is 4.95. The smallest absolute Gasteiger partial charge is 0.242 e. The highest BCUT2D eigenvalue weighted by molar-refractivity contribution is 5.86. The first-order chi connectivity index (χ1) is 7.45. The first-order valence-corrected chi connectivity index (χ1v) is 6.04. The Morgan fingerprint density at radius 3 is 2.56 bits per heavy atom. The van der Waals surface area contributed by atoms with E-state index in [1.54, 1.807) is 7.11 Å². The Balaban J connectivity index is 2.68. The maximum Gasteiger partial charge on any atom is 0.242 e. The van der Waals surface area contributed by atoms with Crippen molar-refractivity contribution >= 4 is 5.91 Å². The SMILES string of the molecule is CCN(C(=O)C(C)(N)C1CC1)C(C)COC. The summed E-state index contributed by atoms with van der Waals surface area (Å²) < 4.78 is 5.09. The monoisotopic (exact) mass is 228 g/mol. The summed E-state index contributed by atoms with van der Waals surface area (Å²) in [5.74, 6) is 0.422. The molecule has 16 heavy (non-hydrogen) atoms. The van der Waals surface area contributed by atoms with Gasteiger partial charge < -0.3 is 15.4 Å². The predicted octanol–water partition coefficient (Wildman–Crippen LogP) is 0.997. The molecule has 0 bridgehead atoms. The van der Waals surface area contributed by atoms with Crippen LogP contribution in [0.2, 0.25) is 0 Å². The third kappa shape index (κ3) is 2.74. The Kier molecular flexibility index (Phi) is 4.33. The van der Waals surface area contributed by atoms with E-state index in [1.807, 2.05) is 25.7 Å². The number of nitrogens with zero attached hydrogens (tertiary/aromatic N) is 1. The summed E-state index contributed by atoms with van der Waals surface area (Å²) in [5, 5.41) is 0. The number of amides is 1. The minimum absolute atomic E-state index is 0.0575. The minimum atomic E-state index is -0.696. The van der Waals surface area contributed by atoms with E-state index in [-0.39, 0.29) is 11.9 Å². The van der Waals surface area contributed by atoms with Crippen molar-refractivity contribution in [2.75, 3.05) is 20.3 Å². The quantitative estimate of drug-likeness (QED) is 0.738. The van der Waals surface area contributed by atoms with Gasteiger partial charge in [0, 0.05) is 13.7 Å². The zero-order valence-electron chi connectivity index (χ0n) is 10.8. The zero-order chi connectivity index (χ0) is 12.3. The van der Waals surface area contributed by atoms with Gasteiger partial charge in [0.2, 0.25) is 5.91 Å². The van der Waals surface area contributed by atoms with Crippen molar-refractivity contribution in [3.05, 3.63) is 0 Å². The van der Waals surface area contributed by atoms with Crippen LogP contribution in [0.15, 0.2) is 0 Å². The highest BCUT2D eigenvalue weighted by atomic mass is 16.5. The Morgan fingerprint density at radius 1 is 1.62 bits per heavy atom. The lowest BCUT2D eigenvalue weighted by atomic mass is 9.94. The van der Waals surface area contributed by atoms with Crippen LogP contribution in [-0.2, 0) is 9.53 Å². The molecule has 0 aromatic rings. The fraction of sp³-hybridized carbons (Fsp3) is 0.917. The fourth-order valence-corrected chi connectivity index (χ4v) is 2.15. The van der Waals surface area contributed by atoms with E-state index >= 15 is 0 Å². The number of ether oxygens (including phenoxy) is 1. The van der Waals surface area contributed by atoms with Gasteiger partial charge in [-0.3, -0.25) is 4.79 Å². The third-order valence-electron chi connectivity index (χ3n) is 3.43. The van der Waals surface area contributed by atoms with Gasteiger partial charge in [0.15, 0.2) is 0 Å². The van der Waals surface area contributed by atoms with Gasteiger partial charge in [0.1, 0.15) is 0 Å². The van der Waals surface area contributed by atoms with Crippen LogP contribution in [-0.4, -0.2) is 42.6 Å². The van der Waals surface area contributed by atoms with Gasteiger partial charge in [-0.15, -0.1) is 0 Å². The van der Waals surface area contributed by atoms with E-state index in [0.717, 1.165) is 12.8 Å². The second-order valence-electron chi connectivity index (χ2n) is 4.95. The third-order valence-corrected chi connectivity index (χ3v) is 3.43. The molecule has 0 heterocycles. The van der Waals surface area contributed by atoms with Gasteiger partial charge in [0.25, 0.3) is 0 Å². The fourth-order valence-electron chi connectivity index (χ4n) is 2.15. The normalized spacial score (nSPS) is 21.3. The molecule has 0 aromatic carbocycles. The molecule has 2 atom stereocenters. The van der Waals surface area contributed by atoms with Crippen molar-refractivity contribution in [2.24, 2.45) is 11.7 Å². The van der Waals surface area contributed by atoms with Crippen LogP contribution >= 0.6 is 0 Å². The molecule has 0 radical (unpaired) electrons. The lowest BCUT2D eigenvalue weighted by Gasteiger charge is -2.35. The number of hydrogen-bond donors (Lipinski definition) is 1. The lowest BCUT2D eigenvalue weighted by molar-refractivity contribution is -0.140. The summed E-state index contributed by atoms with van der Waals surface area (Å²) in [6.07, 6.45) is 2.16. The first-order valence-electron chi connectivity index (χ1n) is 6.04. The molecule has 1 fully saturated rings. The van der Waals surface area contributed by atoms with Crippen molar-refractivity contribution < 1.29 is 9.53 Å². The van der Waals surface area contributed by atoms with E-state index in [4.69, 9.17) is 10.5 Å².